The number of carbonyl (C=O) groups is 1. The fourth-order valence-corrected chi connectivity index (χ4v) is 2.20. The van der Waals surface area contributed by atoms with E-state index >= 15 is 0 Å². The van der Waals surface area contributed by atoms with Crippen molar-refractivity contribution in [3.05, 3.63) is 36.4 Å². The van der Waals surface area contributed by atoms with E-state index in [4.69, 9.17) is 9.47 Å². The number of nitrogens with one attached hydrogen (secondary N) is 1. The third-order valence-electron chi connectivity index (χ3n) is 3.17. The normalized spacial score (nSPS) is 12.8. The second kappa shape index (κ2) is 7.58. The Kier molecular flexibility index (Phi) is 5.47. The van der Waals surface area contributed by atoms with Crippen molar-refractivity contribution in [2.45, 2.75) is 25.7 Å². The molecule has 0 spiro atoms. The average molecular weight is 275 g/mol. The molecule has 0 aromatic heterocycles. The van der Waals surface area contributed by atoms with Gasteiger partial charge in [-0.3, -0.25) is 4.79 Å². The molecule has 0 aliphatic carbocycles. The highest BCUT2D eigenvalue weighted by molar-refractivity contribution is 5.77. The Bertz CT molecular complexity index is 471. The van der Waals surface area contributed by atoms with Gasteiger partial charge in [0.15, 0.2) is 11.5 Å². The van der Waals surface area contributed by atoms with Crippen LogP contribution in [0.5, 0.6) is 11.5 Å². The summed E-state index contributed by atoms with van der Waals surface area (Å²) in [4.78, 5) is 11.2. The van der Waals surface area contributed by atoms with Crippen molar-refractivity contribution in [1.29, 1.82) is 0 Å². The van der Waals surface area contributed by atoms with E-state index in [0.717, 1.165) is 30.8 Å². The van der Waals surface area contributed by atoms with Crippen LogP contribution in [0.1, 0.15) is 24.8 Å². The Morgan fingerprint density at radius 1 is 1.30 bits per heavy atom. The van der Waals surface area contributed by atoms with Crippen molar-refractivity contribution in [2.75, 3.05) is 19.8 Å². The monoisotopic (exact) mass is 275 g/mol. The van der Waals surface area contributed by atoms with E-state index in [-0.39, 0.29) is 5.91 Å². The third kappa shape index (κ3) is 4.02. The molecule has 1 amide bonds. The van der Waals surface area contributed by atoms with Crippen LogP contribution in [0, 0.1) is 0 Å². The molecule has 1 heterocycles. The SMILES string of the molecule is C=CCC(=O)NCCCCc1cccc2c1OCCO2. The number of para-hydroxylation sites is 1. The maximum atomic E-state index is 11.2. The van der Waals surface area contributed by atoms with Gasteiger partial charge in [-0.1, -0.05) is 18.2 Å². The standard InChI is InChI=1S/C16H21NO3/c1-2-6-15(18)17-10-4-3-7-13-8-5-9-14-16(13)20-12-11-19-14/h2,5,8-9H,1,3-4,6-7,10-12H2,(H,17,18). The first-order valence-corrected chi connectivity index (χ1v) is 7.06. The van der Waals surface area contributed by atoms with Crippen molar-refractivity contribution in [3.63, 3.8) is 0 Å². The minimum atomic E-state index is 0.0359. The van der Waals surface area contributed by atoms with E-state index in [0.29, 0.717) is 26.2 Å². The number of ether oxygens (including phenoxy) is 2. The molecule has 0 saturated heterocycles. The first kappa shape index (κ1) is 14.4. The van der Waals surface area contributed by atoms with Gasteiger partial charge in [0.25, 0.3) is 0 Å². The second-order valence-electron chi connectivity index (χ2n) is 4.74. The van der Waals surface area contributed by atoms with E-state index in [1.54, 1.807) is 6.08 Å². The van der Waals surface area contributed by atoms with Crippen molar-refractivity contribution >= 4 is 5.91 Å². The predicted molar refractivity (Wildman–Crippen MR) is 78.2 cm³/mol. The molecule has 0 fully saturated rings. The average Bonchev–Trinajstić information content (AvgIpc) is 2.47. The fraction of sp³-hybridized carbons (Fsp3) is 0.438. The lowest BCUT2D eigenvalue weighted by Crippen LogP contribution is -2.23. The number of amides is 1. The van der Waals surface area contributed by atoms with Gasteiger partial charge in [-0.25, -0.2) is 0 Å². The van der Waals surface area contributed by atoms with Gasteiger partial charge in [-0.2, -0.15) is 0 Å². The van der Waals surface area contributed by atoms with Crippen LogP contribution in [0.4, 0.5) is 0 Å². The number of aryl methyl sites for hydroxylation is 1. The van der Waals surface area contributed by atoms with Gasteiger partial charge in [-0.05, 0) is 30.9 Å². The molecule has 0 unspecified atom stereocenters. The molecule has 1 N–H and O–H groups in total. The summed E-state index contributed by atoms with van der Waals surface area (Å²) in [7, 11) is 0. The largest absolute Gasteiger partial charge is 0.486 e. The van der Waals surface area contributed by atoms with Crippen LogP contribution in [-0.4, -0.2) is 25.7 Å². The minimum absolute atomic E-state index is 0.0359. The first-order valence-electron chi connectivity index (χ1n) is 7.06. The Morgan fingerprint density at radius 3 is 3.00 bits per heavy atom. The molecule has 4 heteroatoms. The third-order valence-corrected chi connectivity index (χ3v) is 3.17. The van der Waals surface area contributed by atoms with Gasteiger partial charge >= 0.3 is 0 Å². The van der Waals surface area contributed by atoms with Gasteiger partial charge in [0.05, 0.1) is 0 Å². The van der Waals surface area contributed by atoms with Crippen molar-refractivity contribution in [2.24, 2.45) is 0 Å². The number of hydrogen-bond acceptors (Lipinski definition) is 3. The Labute approximate surface area is 119 Å². The van der Waals surface area contributed by atoms with Crippen LogP contribution in [0.25, 0.3) is 0 Å². The molecule has 20 heavy (non-hydrogen) atoms. The van der Waals surface area contributed by atoms with Crippen LogP contribution in [0.3, 0.4) is 0 Å². The highest BCUT2D eigenvalue weighted by atomic mass is 16.6. The van der Waals surface area contributed by atoms with Crippen LogP contribution in [-0.2, 0) is 11.2 Å². The predicted octanol–water partition coefficient (Wildman–Crippen LogP) is 2.47. The van der Waals surface area contributed by atoms with E-state index in [2.05, 4.69) is 18.0 Å². The molecule has 4 nitrogen and oxygen atoms in total. The number of rotatable bonds is 7. The number of unbranched alkanes of at least 4 members (excludes halogenated alkanes) is 1. The Morgan fingerprint density at radius 2 is 2.15 bits per heavy atom. The van der Waals surface area contributed by atoms with Crippen LogP contribution < -0.4 is 14.8 Å². The summed E-state index contributed by atoms with van der Waals surface area (Å²) in [6.45, 7) is 5.48. The zero-order valence-corrected chi connectivity index (χ0v) is 11.7. The van der Waals surface area contributed by atoms with Crippen molar-refractivity contribution in [3.8, 4) is 11.5 Å². The molecule has 0 bridgehead atoms. The highest BCUT2D eigenvalue weighted by Crippen LogP contribution is 2.34. The number of fused-ring (bicyclic) bond motifs is 1. The van der Waals surface area contributed by atoms with Crippen molar-refractivity contribution in [1.82, 2.24) is 5.32 Å². The molecule has 0 saturated carbocycles. The van der Waals surface area contributed by atoms with Gasteiger partial charge in [0.1, 0.15) is 13.2 Å². The van der Waals surface area contributed by atoms with E-state index in [1.807, 2.05) is 12.1 Å². The van der Waals surface area contributed by atoms with Crippen LogP contribution in [0.15, 0.2) is 30.9 Å². The second-order valence-corrected chi connectivity index (χ2v) is 4.74. The maximum Gasteiger partial charge on any atom is 0.223 e. The molecule has 0 radical (unpaired) electrons. The Hall–Kier alpha value is -1.97. The van der Waals surface area contributed by atoms with Gasteiger partial charge < -0.3 is 14.8 Å². The molecular weight excluding hydrogens is 254 g/mol. The van der Waals surface area contributed by atoms with E-state index in [9.17, 15) is 4.79 Å². The van der Waals surface area contributed by atoms with Gasteiger partial charge in [0.2, 0.25) is 5.91 Å². The van der Waals surface area contributed by atoms with Crippen LogP contribution in [0.2, 0.25) is 0 Å². The first-order chi connectivity index (χ1) is 9.81. The van der Waals surface area contributed by atoms with Gasteiger partial charge in [0, 0.05) is 13.0 Å². The molecule has 1 aromatic carbocycles. The quantitative estimate of drug-likeness (QED) is 0.614. The minimum Gasteiger partial charge on any atom is -0.486 e. The smallest absolute Gasteiger partial charge is 0.223 e. The maximum absolute atomic E-state index is 11.2. The number of hydrogen-bond donors (Lipinski definition) is 1. The van der Waals surface area contributed by atoms with E-state index in [1.165, 1.54) is 5.56 Å². The molecule has 108 valence electrons. The molecule has 1 aliphatic rings. The molecular formula is C16H21NO3. The zero-order valence-electron chi connectivity index (χ0n) is 11.7. The number of carbonyl (C=O) groups excluding carboxylic acids is 1. The van der Waals surface area contributed by atoms with Gasteiger partial charge in [-0.15, -0.1) is 6.58 Å². The molecule has 2 rings (SSSR count). The summed E-state index contributed by atoms with van der Waals surface area (Å²) >= 11 is 0. The summed E-state index contributed by atoms with van der Waals surface area (Å²) < 4.78 is 11.2. The molecule has 1 aromatic rings. The highest BCUT2D eigenvalue weighted by Gasteiger charge is 2.14. The Balaban J connectivity index is 1.74. The lowest BCUT2D eigenvalue weighted by atomic mass is 10.1. The topological polar surface area (TPSA) is 47.6 Å². The fourth-order valence-electron chi connectivity index (χ4n) is 2.20. The summed E-state index contributed by atoms with van der Waals surface area (Å²) in [6.07, 6.45) is 4.89. The zero-order chi connectivity index (χ0) is 14.2. The molecule has 1 aliphatic heterocycles. The molecule has 0 atom stereocenters. The van der Waals surface area contributed by atoms with E-state index < -0.39 is 0 Å². The summed E-state index contributed by atoms with van der Waals surface area (Å²) in [5.41, 5.74) is 1.18. The lowest BCUT2D eigenvalue weighted by molar-refractivity contribution is -0.120. The summed E-state index contributed by atoms with van der Waals surface area (Å²) in [6, 6.07) is 6.01. The number of benzene rings is 1. The van der Waals surface area contributed by atoms with Crippen molar-refractivity contribution < 1.29 is 14.3 Å². The summed E-state index contributed by atoms with van der Waals surface area (Å²) in [5.74, 6) is 1.76. The summed E-state index contributed by atoms with van der Waals surface area (Å²) in [5, 5.41) is 2.87. The lowest BCUT2D eigenvalue weighted by Gasteiger charge is -2.20. The van der Waals surface area contributed by atoms with Crippen LogP contribution >= 0.6 is 0 Å².